The average Bonchev–Trinajstić information content (AvgIpc) is 2.24. The quantitative estimate of drug-likeness (QED) is 0.231. The van der Waals surface area contributed by atoms with Gasteiger partial charge in [0.05, 0.1) is 6.10 Å². The van der Waals surface area contributed by atoms with E-state index in [9.17, 15) is 13.0 Å². The molecular weight excluding hydrogens is 275 g/mol. The zero-order chi connectivity index (χ0) is 13.9. The summed E-state index contributed by atoms with van der Waals surface area (Å²) in [7, 11) is -4.53. The van der Waals surface area contributed by atoms with Crippen molar-refractivity contribution in [2.24, 2.45) is 0 Å². The summed E-state index contributed by atoms with van der Waals surface area (Å²) in [4.78, 5) is 0. The third kappa shape index (κ3) is 18.9. The second-order valence-electron chi connectivity index (χ2n) is 4.93. The van der Waals surface area contributed by atoms with Crippen molar-refractivity contribution in [3.63, 3.8) is 0 Å². The van der Waals surface area contributed by atoms with Crippen LogP contribution in [0.4, 0.5) is 0 Å². The smallest absolute Gasteiger partial charge is 0.726 e. The van der Waals surface area contributed by atoms with Gasteiger partial charge >= 0.3 is 29.6 Å². The molecule has 0 aliphatic heterocycles. The number of hydrogen-bond donors (Lipinski definition) is 0. The Balaban J connectivity index is 0. The van der Waals surface area contributed by atoms with Gasteiger partial charge in [-0.15, -0.1) is 0 Å². The first-order valence-corrected chi connectivity index (χ1v) is 8.43. The van der Waals surface area contributed by atoms with Crippen molar-refractivity contribution in [1.82, 2.24) is 0 Å². The predicted octanol–water partition coefficient (Wildman–Crippen LogP) is 0.777. The monoisotopic (exact) mass is 302 g/mol. The van der Waals surface area contributed by atoms with E-state index in [0.29, 0.717) is 6.42 Å². The van der Waals surface area contributed by atoms with Crippen LogP contribution in [-0.4, -0.2) is 19.1 Å². The van der Waals surface area contributed by atoms with Crippen molar-refractivity contribution in [3.8, 4) is 0 Å². The summed E-state index contributed by atoms with van der Waals surface area (Å²) in [6, 6.07) is 0. The molecule has 0 spiro atoms. The number of hydrogen-bond acceptors (Lipinski definition) is 4. The zero-order valence-electron chi connectivity index (χ0n) is 12.7. The Kier molecular flexibility index (Phi) is 16.1. The molecule has 0 aliphatic carbocycles. The second-order valence-corrected chi connectivity index (χ2v) is 5.94. The molecule has 19 heavy (non-hydrogen) atoms. The van der Waals surface area contributed by atoms with Crippen molar-refractivity contribution in [3.05, 3.63) is 0 Å². The van der Waals surface area contributed by atoms with Gasteiger partial charge in [0.1, 0.15) is 0 Å². The minimum absolute atomic E-state index is 0. The van der Waals surface area contributed by atoms with Crippen LogP contribution in [0.3, 0.4) is 0 Å². The fraction of sp³-hybridized carbons (Fsp3) is 1.00. The van der Waals surface area contributed by atoms with Crippen LogP contribution in [0.1, 0.15) is 78.1 Å². The van der Waals surface area contributed by atoms with Gasteiger partial charge in [0, 0.05) is 0 Å². The maximum Gasteiger partial charge on any atom is 1.00 e. The van der Waals surface area contributed by atoms with Crippen molar-refractivity contribution < 1.29 is 46.7 Å². The first-order valence-electron chi connectivity index (χ1n) is 7.10. The summed E-state index contributed by atoms with van der Waals surface area (Å²) in [6.45, 7) is 3.84. The molecule has 0 amide bonds. The zero-order valence-corrected chi connectivity index (χ0v) is 15.5. The van der Waals surface area contributed by atoms with Gasteiger partial charge in [-0.3, -0.25) is 4.18 Å². The Hall–Kier alpha value is 0.870. The molecule has 4 nitrogen and oxygen atoms in total. The Labute approximate surface area is 140 Å². The molecule has 0 radical (unpaired) electrons. The van der Waals surface area contributed by atoms with Crippen LogP contribution >= 0.6 is 0 Å². The van der Waals surface area contributed by atoms with E-state index < -0.39 is 16.5 Å². The van der Waals surface area contributed by atoms with Crippen LogP contribution in [0.15, 0.2) is 0 Å². The fourth-order valence-electron chi connectivity index (χ4n) is 1.99. The average molecular weight is 302 g/mol. The van der Waals surface area contributed by atoms with E-state index in [1.54, 1.807) is 6.92 Å². The molecule has 0 aliphatic rings. The third-order valence-electron chi connectivity index (χ3n) is 3.00. The van der Waals surface area contributed by atoms with Gasteiger partial charge in [0.15, 0.2) is 0 Å². The van der Waals surface area contributed by atoms with Crippen molar-refractivity contribution in [2.45, 2.75) is 84.2 Å². The molecule has 0 N–H and O–H groups in total. The van der Waals surface area contributed by atoms with E-state index in [-0.39, 0.29) is 29.6 Å². The molecule has 6 heteroatoms. The standard InChI is InChI=1S/C13H28O4S.Na/c1-3-4-5-6-7-8-9-10-11-12-13(2)17-18(14,15)16;/h13H,3-12H2,1-2H3,(H,14,15,16);/q;+1/p-1. The molecule has 0 saturated heterocycles. The van der Waals surface area contributed by atoms with E-state index in [0.717, 1.165) is 12.8 Å². The Morgan fingerprint density at radius 1 is 0.947 bits per heavy atom. The van der Waals surface area contributed by atoms with E-state index in [1.165, 1.54) is 44.9 Å². The SMILES string of the molecule is CCCCCCCCCCCC(C)OS(=O)(=O)[O-].[Na+]. The molecule has 110 valence electrons. The summed E-state index contributed by atoms with van der Waals surface area (Å²) in [6.07, 6.45) is 11.1. The van der Waals surface area contributed by atoms with Crippen molar-refractivity contribution >= 4 is 10.4 Å². The van der Waals surface area contributed by atoms with E-state index in [2.05, 4.69) is 11.1 Å². The summed E-state index contributed by atoms with van der Waals surface area (Å²) in [5.74, 6) is 0. The molecule has 0 bridgehead atoms. The summed E-state index contributed by atoms with van der Waals surface area (Å²) >= 11 is 0. The van der Waals surface area contributed by atoms with Crippen LogP contribution in [0, 0.1) is 0 Å². The predicted molar refractivity (Wildman–Crippen MR) is 72.1 cm³/mol. The van der Waals surface area contributed by atoms with Crippen LogP contribution in [0.5, 0.6) is 0 Å². The molecular formula is C13H27NaO4S. The summed E-state index contributed by atoms with van der Waals surface area (Å²) in [5, 5.41) is 0. The second kappa shape index (κ2) is 13.8. The molecule has 1 atom stereocenters. The van der Waals surface area contributed by atoms with E-state index in [1.807, 2.05) is 0 Å². The molecule has 0 aromatic heterocycles. The molecule has 0 saturated carbocycles. The number of rotatable bonds is 12. The van der Waals surface area contributed by atoms with Crippen LogP contribution in [-0.2, 0) is 14.6 Å². The first-order chi connectivity index (χ1) is 8.45. The van der Waals surface area contributed by atoms with Crippen LogP contribution in [0.2, 0.25) is 0 Å². The molecule has 0 fully saturated rings. The van der Waals surface area contributed by atoms with Gasteiger partial charge in [-0.25, -0.2) is 8.42 Å². The Bertz CT molecular complexity index is 280. The van der Waals surface area contributed by atoms with Crippen LogP contribution in [0.25, 0.3) is 0 Å². The first kappa shape index (κ1) is 22.2. The topological polar surface area (TPSA) is 66.4 Å². The molecule has 0 aromatic rings. The van der Waals surface area contributed by atoms with Gasteiger partial charge in [0.2, 0.25) is 10.4 Å². The fourth-order valence-corrected chi connectivity index (χ4v) is 2.49. The Morgan fingerprint density at radius 3 is 1.79 bits per heavy atom. The molecule has 0 rings (SSSR count). The molecule has 1 unspecified atom stereocenters. The van der Waals surface area contributed by atoms with Crippen molar-refractivity contribution in [1.29, 1.82) is 0 Å². The minimum atomic E-state index is -4.53. The minimum Gasteiger partial charge on any atom is -0.726 e. The summed E-state index contributed by atoms with van der Waals surface area (Å²) in [5.41, 5.74) is 0. The molecule has 0 aromatic carbocycles. The normalized spacial score (nSPS) is 13.0. The Morgan fingerprint density at radius 2 is 1.37 bits per heavy atom. The van der Waals surface area contributed by atoms with Gasteiger partial charge in [-0.1, -0.05) is 64.7 Å². The van der Waals surface area contributed by atoms with Gasteiger partial charge in [0.25, 0.3) is 0 Å². The maximum absolute atomic E-state index is 10.3. The largest absolute Gasteiger partial charge is 1.00 e. The van der Waals surface area contributed by atoms with E-state index >= 15 is 0 Å². The van der Waals surface area contributed by atoms with Gasteiger partial charge in [-0.05, 0) is 13.3 Å². The summed E-state index contributed by atoms with van der Waals surface area (Å²) < 4.78 is 35.3. The van der Waals surface area contributed by atoms with Crippen LogP contribution < -0.4 is 29.6 Å². The van der Waals surface area contributed by atoms with Gasteiger partial charge in [-0.2, -0.15) is 0 Å². The maximum atomic E-state index is 10.3. The van der Waals surface area contributed by atoms with E-state index in [4.69, 9.17) is 0 Å². The molecule has 0 heterocycles. The van der Waals surface area contributed by atoms with Crippen molar-refractivity contribution in [2.75, 3.05) is 0 Å². The number of unbranched alkanes of at least 4 members (excludes halogenated alkanes) is 8. The van der Waals surface area contributed by atoms with Gasteiger partial charge < -0.3 is 4.55 Å². The third-order valence-corrected chi connectivity index (χ3v) is 3.56.